The molecule has 1 aromatic rings. The monoisotopic (exact) mass is 443 g/mol. The van der Waals surface area contributed by atoms with Crippen molar-refractivity contribution in [1.29, 1.82) is 0 Å². The molecule has 0 saturated carbocycles. The molecule has 1 aromatic heterocycles. The minimum absolute atomic E-state index is 0.0115. The van der Waals surface area contributed by atoms with E-state index in [2.05, 4.69) is 16.0 Å². The maximum atomic E-state index is 13.0. The Morgan fingerprint density at radius 2 is 1.91 bits per heavy atom. The summed E-state index contributed by atoms with van der Waals surface area (Å²) in [6.45, 7) is 10.5. The lowest BCUT2D eigenvalue weighted by molar-refractivity contribution is 0.0798. The predicted molar refractivity (Wildman–Crippen MR) is 124 cm³/mol. The molecule has 0 aliphatic carbocycles. The minimum atomic E-state index is -0.174. The Bertz CT molecular complexity index is 816. The van der Waals surface area contributed by atoms with Gasteiger partial charge in [0.1, 0.15) is 5.82 Å². The van der Waals surface area contributed by atoms with Crippen molar-refractivity contribution in [3.8, 4) is 0 Å². The highest BCUT2D eigenvalue weighted by Gasteiger charge is 2.47. The quantitative estimate of drug-likeness (QED) is 0.715. The Hall–Kier alpha value is -2.35. The van der Waals surface area contributed by atoms with Gasteiger partial charge in [0.15, 0.2) is 0 Å². The van der Waals surface area contributed by atoms with E-state index in [-0.39, 0.29) is 17.5 Å². The summed E-state index contributed by atoms with van der Waals surface area (Å²) in [6.07, 6.45) is 5.80. The van der Waals surface area contributed by atoms with E-state index in [9.17, 15) is 9.59 Å². The third kappa shape index (κ3) is 4.42. The molecule has 176 valence electrons. The van der Waals surface area contributed by atoms with Crippen LogP contribution in [0, 0.1) is 5.92 Å². The van der Waals surface area contributed by atoms with Crippen LogP contribution < -0.4 is 4.90 Å². The van der Waals surface area contributed by atoms with Crippen LogP contribution in [0.3, 0.4) is 0 Å². The minimum Gasteiger partial charge on any atom is -0.450 e. The third-order valence-electron chi connectivity index (χ3n) is 7.58. The Morgan fingerprint density at radius 3 is 2.56 bits per heavy atom. The molecule has 0 N–H and O–H groups in total. The summed E-state index contributed by atoms with van der Waals surface area (Å²) in [6, 6.07) is 4.21. The van der Waals surface area contributed by atoms with E-state index < -0.39 is 0 Å². The van der Waals surface area contributed by atoms with Crippen LogP contribution in [0.25, 0.3) is 0 Å². The molecule has 4 heterocycles. The molecule has 2 saturated heterocycles. The number of carbonyl (C=O) groups is 2. The first kappa shape index (κ1) is 22.8. The summed E-state index contributed by atoms with van der Waals surface area (Å²) in [5.41, 5.74) is 1.25. The zero-order valence-corrected chi connectivity index (χ0v) is 19.8. The first-order chi connectivity index (χ1) is 15.5. The summed E-state index contributed by atoms with van der Waals surface area (Å²) < 4.78 is 5.14. The van der Waals surface area contributed by atoms with Gasteiger partial charge in [0.05, 0.1) is 6.61 Å². The second kappa shape index (κ2) is 9.65. The van der Waals surface area contributed by atoms with Crippen LogP contribution in [0.4, 0.5) is 15.4 Å². The van der Waals surface area contributed by atoms with Crippen molar-refractivity contribution >= 4 is 17.9 Å². The molecule has 8 nitrogen and oxygen atoms in total. The summed E-state index contributed by atoms with van der Waals surface area (Å²) >= 11 is 0. The Balaban J connectivity index is 1.34. The summed E-state index contributed by atoms with van der Waals surface area (Å²) in [7, 11) is 1.85. The van der Waals surface area contributed by atoms with Crippen LogP contribution in [0.2, 0.25) is 0 Å². The molecule has 3 aliphatic rings. The number of urea groups is 1. The van der Waals surface area contributed by atoms with E-state index >= 15 is 0 Å². The lowest BCUT2D eigenvalue weighted by Crippen LogP contribution is -2.49. The van der Waals surface area contributed by atoms with E-state index in [4.69, 9.17) is 4.74 Å². The first-order valence-electron chi connectivity index (χ1n) is 12.1. The van der Waals surface area contributed by atoms with E-state index in [1.54, 1.807) is 11.1 Å². The number of likely N-dealkylation sites (tertiary alicyclic amines) is 2. The second-order valence-corrected chi connectivity index (χ2v) is 9.47. The Kier molecular flexibility index (Phi) is 6.88. The third-order valence-corrected chi connectivity index (χ3v) is 7.58. The van der Waals surface area contributed by atoms with E-state index in [0.717, 1.165) is 70.8 Å². The maximum absolute atomic E-state index is 13.0. The van der Waals surface area contributed by atoms with Gasteiger partial charge in [0, 0.05) is 56.9 Å². The smallest absolute Gasteiger partial charge is 0.409 e. The number of hydrogen-bond donors (Lipinski definition) is 0. The number of hydrogen-bond acceptors (Lipinski definition) is 5. The van der Waals surface area contributed by atoms with Gasteiger partial charge in [-0.25, -0.2) is 14.6 Å². The number of nitrogens with zero attached hydrogens (tertiary/aromatic N) is 5. The van der Waals surface area contributed by atoms with Crippen molar-refractivity contribution in [2.24, 2.45) is 5.92 Å². The van der Waals surface area contributed by atoms with Gasteiger partial charge in [-0.1, -0.05) is 6.07 Å². The number of ether oxygens (including phenoxy) is 1. The fourth-order valence-electron chi connectivity index (χ4n) is 5.46. The molecule has 2 fully saturated rings. The van der Waals surface area contributed by atoms with Crippen molar-refractivity contribution in [3.63, 3.8) is 0 Å². The molecular weight excluding hydrogens is 406 g/mol. The molecule has 0 aromatic carbocycles. The first-order valence-corrected chi connectivity index (χ1v) is 12.1. The highest BCUT2D eigenvalue weighted by Crippen LogP contribution is 2.46. The van der Waals surface area contributed by atoms with E-state index in [1.807, 2.05) is 36.8 Å². The number of anilines is 1. The van der Waals surface area contributed by atoms with E-state index in [1.165, 1.54) is 5.56 Å². The molecule has 0 atom stereocenters. The highest BCUT2D eigenvalue weighted by molar-refractivity contribution is 5.93. The summed E-state index contributed by atoms with van der Waals surface area (Å²) in [5, 5.41) is 0. The molecule has 8 heteroatoms. The molecule has 0 unspecified atom stereocenters. The van der Waals surface area contributed by atoms with Gasteiger partial charge in [-0.3, -0.25) is 4.90 Å². The number of fused-ring (bicyclic) bond motifs is 2. The number of pyridine rings is 1. The number of amides is 3. The molecule has 3 aliphatic heterocycles. The number of carbonyl (C=O) groups excluding carboxylic acids is 2. The van der Waals surface area contributed by atoms with Crippen LogP contribution in [-0.4, -0.2) is 91.3 Å². The van der Waals surface area contributed by atoms with Gasteiger partial charge in [-0.05, 0) is 64.6 Å². The molecule has 0 radical (unpaired) electrons. The Morgan fingerprint density at radius 1 is 1.19 bits per heavy atom. The zero-order chi connectivity index (χ0) is 22.7. The van der Waals surface area contributed by atoms with Crippen LogP contribution >= 0.6 is 0 Å². The van der Waals surface area contributed by atoms with Gasteiger partial charge in [0.2, 0.25) is 0 Å². The van der Waals surface area contributed by atoms with E-state index in [0.29, 0.717) is 19.1 Å². The Labute approximate surface area is 191 Å². The number of aromatic nitrogens is 1. The van der Waals surface area contributed by atoms with Crippen molar-refractivity contribution < 1.29 is 14.3 Å². The number of piperidine rings is 2. The second-order valence-electron chi connectivity index (χ2n) is 9.47. The van der Waals surface area contributed by atoms with Crippen LogP contribution in [0.5, 0.6) is 0 Å². The lowest BCUT2D eigenvalue weighted by Gasteiger charge is -2.42. The SMILES string of the molecule is CCOC(=O)N1CCC(CN2CCC3(CC2)CN(C(=O)N(C)CC)c2ncccc23)CC1. The van der Waals surface area contributed by atoms with Gasteiger partial charge in [-0.15, -0.1) is 0 Å². The molecular formula is C24H37N5O3. The van der Waals surface area contributed by atoms with Crippen molar-refractivity contribution in [2.75, 3.05) is 64.4 Å². The largest absolute Gasteiger partial charge is 0.450 e. The predicted octanol–water partition coefficient (Wildman–Crippen LogP) is 3.18. The lowest BCUT2D eigenvalue weighted by atomic mass is 9.74. The average Bonchev–Trinajstić information content (AvgIpc) is 3.14. The van der Waals surface area contributed by atoms with Crippen molar-refractivity contribution in [3.05, 3.63) is 23.9 Å². The molecule has 1 spiro atoms. The van der Waals surface area contributed by atoms with Crippen molar-refractivity contribution in [1.82, 2.24) is 19.7 Å². The molecule has 32 heavy (non-hydrogen) atoms. The topological polar surface area (TPSA) is 69.2 Å². The van der Waals surface area contributed by atoms with Crippen molar-refractivity contribution in [2.45, 2.75) is 44.9 Å². The summed E-state index contributed by atoms with van der Waals surface area (Å²) in [5.74, 6) is 1.47. The van der Waals surface area contributed by atoms with Gasteiger partial charge >= 0.3 is 12.1 Å². The van der Waals surface area contributed by atoms with Crippen LogP contribution in [-0.2, 0) is 10.2 Å². The fourth-order valence-corrected chi connectivity index (χ4v) is 5.46. The average molecular weight is 444 g/mol. The number of rotatable bonds is 4. The van der Waals surface area contributed by atoms with Gasteiger partial charge < -0.3 is 19.4 Å². The van der Waals surface area contributed by atoms with Gasteiger partial charge in [-0.2, -0.15) is 0 Å². The fraction of sp³-hybridized carbons (Fsp3) is 0.708. The normalized spacial score (nSPS) is 21.0. The molecule has 0 bridgehead atoms. The highest BCUT2D eigenvalue weighted by atomic mass is 16.6. The van der Waals surface area contributed by atoms with Gasteiger partial charge in [0.25, 0.3) is 0 Å². The standard InChI is InChI=1S/C24H37N5O3/c1-4-26(3)22(30)29-18-24(20-7-6-12-25-21(20)29)10-15-27(16-11-24)17-19-8-13-28(14-9-19)23(31)32-5-2/h6-7,12,19H,4-5,8-11,13-18H2,1-3H3. The molecule has 3 amide bonds. The summed E-state index contributed by atoms with van der Waals surface area (Å²) in [4.78, 5) is 37.6. The molecule has 4 rings (SSSR count). The van der Waals surface area contributed by atoms with Crippen LogP contribution in [0.15, 0.2) is 18.3 Å². The van der Waals surface area contributed by atoms with Crippen LogP contribution in [0.1, 0.15) is 45.1 Å². The zero-order valence-electron chi connectivity index (χ0n) is 19.8. The maximum Gasteiger partial charge on any atom is 0.409 e.